The molecule has 0 aliphatic carbocycles. The van der Waals surface area contributed by atoms with Gasteiger partial charge in [0.15, 0.2) is 11.8 Å². The molecule has 0 unspecified atom stereocenters. The Morgan fingerprint density at radius 2 is 1.56 bits per heavy atom. The summed E-state index contributed by atoms with van der Waals surface area (Å²) in [5.41, 5.74) is 2.00. The lowest BCUT2D eigenvalue weighted by molar-refractivity contribution is -0.135. The van der Waals surface area contributed by atoms with E-state index in [0.717, 1.165) is 17.7 Å². The maximum Gasteiger partial charge on any atom is 0.253 e. The molecule has 1 fully saturated rings. The van der Waals surface area contributed by atoms with Crippen molar-refractivity contribution in [1.29, 1.82) is 0 Å². The molecular formula is C28H29N3O3. The average molecular weight is 456 g/mol. The van der Waals surface area contributed by atoms with Crippen molar-refractivity contribution >= 4 is 17.8 Å². The number of benzene rings is 2. The highest BCUT2D eigenvalue weighted by atomic mass is 16.2. The van der Waals surface area contributed by atoms with Crippen LogP contribution in [0.3, 0.4) is 0 Å². The Balaban J connectivity index is 1.47. The van der Waals surface area contributed by atoms with E-state index in [1.54, 1.807) is 41.4 Å². The van der Waals surface area contributed by atoms with E-state index < -0.39 is 6.04 Å². The first-order valence-electron chi connectivity index (χ1n) is 11.5. The lowest BCUT2D eigenvalue weighted by atomic mass is 10.0. The monoisotopic (exact) mass is 455 g/mol. The van der Waals surface area contributed by atoms with Gasteiger partial charge in [-0.05, 0) is 24.1 Å². The van der Waals surface area contributed by atoms with Gasteiger partial charge in [-0.1, -0.05) is 72.8 Å². The van der Waals surface area contributed by atoms with Crippen LogP contribution in [0, 0.1) is 6.92 Å². The highest BCUT2D eigenvalue weighted by Gasteiger charge is 2.34. The molecule has 2 aromatic carbocycles. The van der Waals surface area contributed by atoms with Gasteiger partial charge in [0.05, 0.1) is 0 Å². The van der Waals surface area contributed by atoms with E-state index in [4.69, 9.17) is 0 Å². The van der Waals surface area contributed by atoms with Crippen LogP contribution < -0.4 is 5.56 Å². The Morgan fingerprint density at radius 1 is 0.912 bits per heavy atom. The van der Waals surface area contributed by atoms with Crippen molar-refractivity contribution in [3.63, 3.8) is 0 Å². The van der Waals surface area contributed by atoms with Gasteiger partial charge in [0, 0.05) is 50.6 Å². The topological polar surface area (TPSA) is 62.6 Å². The number of carbonyl (C=O) groups is 2. The first-order chi connectivity index (χ1) is 16.5. The Morgan fingerprint density at radius 3 is 2.21 bits per heavy atom. The van der Waals surface area contributed by atoms with Crippen LogP contribution in [0.1, 0.15) is 27.5 Å². The zero-order valence-corrected chi connectivity index (χ0v) is 19.3. The normalized spacial score (nSPS) is 15.4. The number of amides is 1. The number of rotatable bonds is 7. The highest BCUT2D eigenvalue weighted by Crippen LogP contribution is 2.18. The van der Waals surface area contributed by atoms with Gasteiger partial charge < -0.3 is 4.90 Å². The molecule has 0 radical (unpaired) electrons. The summed E-state index contributed by atoms with van der Waals surface area (Å²) in [6.07, 6.45) is 5.77. The van der Waals surface area contributed by atoms with Gasteiger partial charge in [0.25, 0.3) is 11.5 Å². The van der Waals surface area contributed by atoms with Crippen molar-refractivity contribution in [2.24, 2.45) is 0 Å². The maximum atomic E-state index is 13.6. The zero-order valence-electron chi connectivity index (χ0n) is 19.3. The van der Waals surface area contributed by atoms with Crippen LogP contribution in [-0.4, -0.2) is 58.8 Å². The molecule has 6 nitrogen and oxygen atoms in total. The molecule has 174 valence electrons. The van der Waals surface area contributed by atoms with Crippen molar-refractivity contribution in [2.75, 3.05) is 32.7 Å². The van der Waals surface area contributed by atoms with Gasteiger partial charge in [0.2, 0.25) is 0 Å². The summed E-state index contributed by atoms with van der Waals surface area (Å²) in [6.45, 7) is 5.04. The summed E-state index contributed by atoms with van der Waals surface area (Å²) in [6, 6.07) is 20.8. The minimum atomic E-state index is -1.21. The van der Waals surface area contributed by atoms with Crippen molar-refractivity contribution < 1.29 is 9.59 Å². The van der Waals surface area contributed by atoms with Crippen molar-refractivity contribution in [3.8, 4) is 0 Å². The second kappa shape index (κ2) is 10.9. The summed E-state index contributed by atoms with van der Waals surface area (Å²) in [4.78, 5) is 43.6. The molecule has 6 heteroatoms. The lowest BCUT2D eigenvalue weighted by Gasteiger charge is -2.36. The van der Waals surface area contributed by atoms with Crippen molar-refractivity contribution in [1.82, 2.24) is 14.4 Å². The van der Waals surface area contributed by atoms with E-state index in [1.807, 2.05) is 31.2 Å². The number of pyridine rings is 1. The molecule has 0 N–H and O–H groups in total. The van der Waals surface area contributed by atoms with Gasteiger partial charge in [-0.3, -0.25) is 23.9 Å². The van der Waals surface area contributed by atoms with Crippen LogP contribution >= 0.6 is 0 Å². The third-order valence-electron chi connectivity index (χ3n) is 6.08. The molecule has 4 rings (SSSR count). The number of hydrogen-bond donors (Lipinski definition) is 0. The largest absolute Gasteiger partial charge is 0.338 e. The SMILES string of the molecule is Cc1ccn([C@@H](C(=O)c2ccccc2)C(=O)N2CCN(C/C=C/c3ccccc3)CC2)c(=O)c1. The second-order valence-electron chi connectivity index (χ2n) is 8.52. The van der Waals surface area contributed by atoms with Gasteiger partial charge in [-0.2, -0.15) is 0 Å². The smallest absolute Gasteiger partial charge is 0.253 e. The Labute approximate surface area is 199 Å². The van der Waals surface area contributed by atoms with E-state index in [-0.39, 0.29) is 17.2 Å². The summed E-state index contributed by atoms with van der Waals surface area (Å²) < 4.78 is 1.26. The number of aromatic nitrogens is 1. The first-order valence-corrected chi connectivity index (χ1v) is 11.5. The number of carbonyl (C=O) groups excluding carboxylic acids is 2. The fourth-order valence-electron chi connectivity index (χ4n) is 4.15. The van der Waals surface area contributed by atoms with E-state index in [0.29, 0.717) is 31.7 Å². The van der Waals surface area contributed by atoms with Crippen molar-refractivity contribution in [3.05, 3.63) is 112 Å². The van der Waals surface area contributed by atoms with Crippen LogP contribution in [0.2, 0.25) is 0 Å². The summed E-state index contributed by atoms with van der Waals surface area (Å²) in [5.74, 6) is -0.705. The van der Waals surface area contributed by atoms with E-state index >= 15 is 0 Å². The second-order valence-corrected chi connectivity index (χ2v) is 8.52. The number of piperazine rings is 1. The highest BCUT2D eigenvalue weighted by molar-refractivity contribution is 6.11. The molecule has 1 aliphatic rings. The minimum Gasteiger partial charge on any atom is -0.338 e. The molecule has 1 aromatic heterocycles. The predicted molar refractivity (Wildman–Crippen MR) is 134 cm³/mol. The molecule has 34 heavy (non-hydrogen) atoms. The van der Waals surface area contributed by atoms with E-state index in [1.165, 1.54) is 10.6 Å². The van der Waals surface area contributed by atoms with Gasteiger partial charge >= 0.3 is 0 Å². The summed E-state index contributed by atoms with van der Waals surface area (Å²) in [5, 5.41) is 0. The molecule has 0 bridgehead atoms. The fourth-order valence-corrected chi connectivity index (χ4v) is 4.15. The molecule has 0 spiro atoms. The average Bonchev–Trinajstić information content (AvgIpc) is 2.87. The van der Waals surface area contributed by atoms with Crippen molar-refractivity contribution in [2.45, 2.75) is 13.0 Å². The molecule has 1 aliphatic heterocycles. The van der Waals surface area contributed by atoms with Crippen LogP contribution in [0.15, 0.2) is 89.9 Å². The number of Topliss-reactive ketones (excluding diaryl/α,β-unsaturated/α-hetero) is 1. The Kier molecular flexibility index (Phi) is 7.50. The number of ketones is 1. The molecule has 1 atom stereocenters. The van der Waals surface area contributed by atoms with Gasteiger partial charge in [-0.15, -0.1) is 0 Å². The molecule has 0 saturated carbocycles. The quantitative estimate of drug-likeness (QED) is 0.405. The number of nitrogens with zero attached hydrogens (tertiary/aromatic N) is 3. The molecule has 2 heterocycles. The lowest BCUT2D eigenvalue weighted by Crippen LogP contribution is -2.52. The number of hydrogen-bond acceptors (Lipinski definition) is 4. The first kappa shape index (κ1) is 23.4. The maximum absolute atomic E-state index is 13.6. The fraction of sp³-hybridized carbons (Fsp3) is 0.250. The van der Waals surface area contributed by atoms with Crippen LogP contribution in [0.5, 0.6) is 0 Å². The minimum absolute atomic E-state index is 0.334. The third-order valence-corrected chi connectivity index (χ3v) is 6.08. The van der Waals surface area contributed by atoms with Gasteiger partial charge in [0.1, 0.15) is 0 Å². The summed E-state index contributed by atoms with van der Waals surface area (Å²) >= 11 is 0. The standard InChI is InChI=1S/C28H29N3O3/c1-22-14-16-31(25(32)21-22)26(27(33)24-12-6-3-7-13-24)28(34)30-19-17-29(18-20-30)15-8-11-23-9-4-2-5-10-23/h2-14,16,21,26H,15,17-20H2,1H3/b11-8+/t26-/m0/s1. The Hall–Kier alpha value is -3.77. The molecule has 3 aromatic rings. The zero-order chi connectivity index (χ0) is 23.9. The third kappa shape index (κ3) is 5.58. The van der Waals surface area contributed by atoms with Crippen LogP contribution in [-0.2, 0) is 4.79 Å². The molecule has 1 amide bonds. The summed E-state index contributed by atoms with van der Waals surface area (Å²) in [7, 11) is 0. The van der Waals surface area contributed by atoms with Crippen LogP contribution in [0.4, 0.5) is 0 Å². The molecule has 1 saturated heterocycles. The Bertz CT molecular complexity index is 1210. The predicted octanol–water partition coefficient (Wildman–Crippen LogP) is 3.44. The molecular weight excluding hydrogens is 426 g/mol. The van der Waals surface area contributed by atoms with Crippen LogP contribution in [0.25, 0.3) is 6.08 Å². The van der Waals surface area contributed by atoms with Gasteiger partial charge in [-0.25, -0.2) is 0 Å². The number of aryl methyl sites for hydroxylation is 1. The van der Waals surface area contributed by atoms with E-state index in [9.17, 15) is 14.4 Å². The van der Waals surface area contributed by atoms with E-state index in [2.05, 4.69) is 29.2 Å².